The number of aromatic nitrogens is 1. The number of aliphatic hydroxyl groups excluding tert-OH is 1. The molecule has 4 nitrogen and oxygen atoms in total. The maximum Gasteiger partial charge on any atom is 0.292 e. The van der Waals surface area contributed by atoms with Gasteiger partial charge in [0.1, 0.15) is 6.61 Å². The molecule has 0 radical (unpaired) electrons. The van der Waals surface area contributed by atoms with Crippen LogP contribution in [0.15, 0.2) is 47.4 Å². The van der Waals surface area contributed by atoms with E-state index in [1.165, 1.54) is 5.56 Å². The summed E-state index contributed by atoms with van der Waals surface area (Å²) < 4.78 is 7.21. The van der Waals surface area contributed by atoms with Crippen molar-refractivity contribution in [2.45, 2.75) is 39.3 Å². The largest absolute Gasteiger partial charge is 0.483 e. The molecule has 0 saturated carbocycles. The lowest BCUT2D eigenvalue weighted by atomic mass is 10.0. The molecule has 2 aromatic rings. The van der Waals surface area contributed by atoms with Crippen LogP contribution in [0.25, 0.3) is 0 Å². The Bertz CT molecular complexity index is 644. The monoisotopic (exact) mass is 301 g/mol. The third-order valence-corrected chi connectivity index (χ3v) is 3.58. The number of pyridine rings is 1. The van der Waals surface area contributed by atoms with Gasteiger partial charge in [-0.05, 0) is 35.6 Å². The van der Waals surface area contributed by atoms with Gasteiger partial charge in [0.05, 0.1) is 0 Å². The molecule has 1 heterocycles. The summed E-state index contributed by atoms with van der Waals surface area (Å²) in [4.78, 5) is 12.2. The number of ether oxygens (including phenoxy) is 1. The first-order chi connectivity index (χ1) is 10.6. The highest BCUT2D eigenvalue weighted by atomic mass is 16.5. The minimum absolute atomic E-state index is 0.0692. The molecule has 0 unspecified atom stereocenters. The van der Waals surface area contributed by atoms with Crippen LogP contribution in [0.4, 0.5) is 0 Å². The third kappa shape index (κ3) is 4.21. The van der Waals surface area contributed by atoms with Gasteiger partial charge < -0.3 is 14.4 Å². The molecular formula is C18H23NO3. The van der Waals surface area contributed by atoms with E-state index in [4.69, 9.17) is 9.84 Å². The number of nitrogens with zero attached hydrogens (tertiary/aromatic N) is 1. The second kappa shape index (κ2) is 7.80. The van der Waals surface area contributed by atoms with E-state index in [-0.39, 0.29) is 12.2 Å². The van der Waals surface area contributed by atoms with Gasteiger partial charge in [-0.15, -0.1) is 0 Å². The Morgan fingerprint density at radius 1 is 1.18 bits per heavy atom. The minimum atomic E-state index is -0.158. The van der Waals surface area contributed by atoms with Crippen LogP contribution in [0.2, 0.25) is 0 Å². The van der Waals surface area contributed by atoms with Crippen LogP contribution in [0, 0.1) is 0 Å². The van der Waals surface area contributed by atoms with E-state index < -0.39 is 0 Å². The number of benzene rings is 1. The first-order valence-corrected chi connectivity index (χ1v) is 7.63. The van der Waals surface area contributed by atoms with E-state index in [9.17, 15) is 4.79 Å². The zero-order valence-corrected chi connectivity index (χ0v) is 13.2. The molecule has 2 rings (SSSR count). The summed E-state index contributed by atoms with van der Waals surface area (Å²) in [7, 11) is 0. The van der Waals surface area contributed by atoms with E-state index in [1.807, 2.05) is 12.1 Å². The highest BCUT2D eigenvalue weighted by Crippen LogP contribution is 2.15. The molecule has 0 amide bonds. The van der Waals surface area contributed by atoms with E-state index >= 15 is 0 Å². The predicted octanol–water partition coefficient (Wildman–Crippen LogP) is 2.93. The van der Waals surface area contributed by atoms with E-state index in [0.717, 1.165) is 5.56 Å². The van der Waals surface area contributed by atoms with Gasteiger partial charge in [0.15, 0.2) is 5.75 Å². The number of aliphatic hydroxyl groups is 1. The number of aryl methyl sites for hydroxylation is 1. The predicted molar refractivity (Wildman–Crippen MR) is 87.3 cm³/mol. The first-order valence-electron chi connectivity index (χ1n) is 7.63. The Balaban J connectivity index is 2.03. The zero-order valence-electron chi connectivity index (χ0n) is 13.2. The maximum atomic E-state index is 12.2. The van der Waals surface area contributed by atoms with Gasteiger partial charge in [-0.25, -0.2) is 0 Å². The molecule has 0 aliphatic carbocycles. The fourth-order valence-electron chi connectivity index (χ4n) is 2.20. The van der Waals surface area contributed by atoms with Crippen molar-refractivity contribution in [2.24, 2.45) is 0 Å². The molecule has 0 aliphatic heterocycles. The Morgan fingerprint density at radius 2 is 1.91 bits per heavy atom. The van der Waals surface area contributed by atoms with E-state index in [0.29, 0.717) is 31.2 Å². The molecule has 0 aliphatic rings. The smallest absolute Gasteiger partial charge is 0.292 e. The summed E-state index contributed by atoms with van der Waals surface area (Å²) in [6, 6.07) is 11.7. The summed E-state index contributed by atoms with van der Waals surface area (Å²) in [5, 5.41) is 8.85. The molecule has 0 spiro atoms. The first kappa shape index (κ1) is 16.3. The van der Waals surface area contributed by atoms with Crippen LogP contribution >= 0.6 is 0 Å². The highest BCUT2D eigenvalue weighted by molar-refractivity contribution is 5.25. The average Bonchev–Trinajstić information content (AvgIpc) is 2.53. The molecule has 0 saturated heterocycles. The number of rotatable bonds is 7. The Labute approximate surface area is 131 Å². The molecule has 1 aromatic carbocycles. The van der Waals surface area contributed by atoms with E-state index in [1.54, 1.807) is 22.9 Å². The molecular weight excluding hydrogens is 278 g/mol. The van der Waals surface area contributed by atoms with Crippen molar-refractivity contribution in [1.82, 2.24) is 4.57 Å². The van der Waals surface area contributed by atoms with Crippen molar-refractivity contribution in [3.05, 3.63) is 64.1 Å². The van der Waals surface area contributed by atoms with Gasteiger partial charge in [0.25, 0.3) is 5.56 Å². The quantitative estimate of drug-likeness (QED) is 0.855. The lowest BCUT2D eigenvalue weighted by Gasteiger charge is -2.10. The molecule has 4 heteroatoms. The molecule has 1 N–H and O–H groups in total. The molecule has 0 bridgehead atoms. The molecule has 1 aromatic heterocycles. The van der Waals surface area contributed by atoms with Gasteiger partial charge in [-0.3, -0.25) is 4.79 Å². The van der Waals surface area contributed by atoms with Crippen molar-refractivity contribution < 1.29 is 9.84 Å². The normalized spacial score (nSPS) is 10.9. The summed E-state index contributed by atoms with van der Waals surface area (Å²) in [5.41, 5.74) is 2.17. The Hall–Kier alpha value is -2.07. The standard InChI is InChI=1S/C18H23NO3/c1-14(2)16-8-6-15(7-9-16)13-22-17-5-3-10-19(18(17)21)11-4-12-20/h3,5-10,14,20H,4,11-13H2,1-2H3. The van der Waals surface area contributed by atoms with Crippen molar-refractivity contribution in [3.8, 4) is 5.75 Å². The SMILES string of the molecule is CC(C)c1ccc(COc2cccn(CCCO)c2=O)cc1. The van der Waals surface area contributed by atoms with Crippen LogP contribution in [-0.2, 0) is 13.2 Å². The third-order valence-electron chi connectivity index (χ3n) is 3.58. The van der Waals surface area contributed by atoms with Crippen LogP contribution in [0.3, 0.4) is 0 Å². The van der Waals surface area contributed by atoms with Crippen LogP contribution < -0.4 is 10.3 Å². The summed E-state index contributed by atoms with van der Waals surface area (Å²) in [6.07, 6.45) is 2.27. The van der Waals surface area contributed by atoms with Crippen LogP contribution in [-0.4, -0.2) is 16.3 Å². The fraction of sp³-hybridized carbons (Fsp3) is 0.389. The number of hydrogen-bond donors (Lipinski definition) is 1. The van der Waals surface area contributed by atoms with Gasteiger partial charge in [-0.1, -0.05) is 38.1 Å². The Kier molecular flexibility index (Phi) is 5.78. The lowest BCUT2D eigenvalue weighted by molar-refractivity contribution is 0.275. The van der Waals surface area contributed by atoms with Gasteiger partial charge >= 0.3 is 0 Å². The second-order valence-electron chi connectivity index (χ2n) is 5.63. The highest BCUT2D eigenvalue weighted by Gasteiger charge is 2.05. The Morgan fingerprint density at radius 3 is 2.55 bits per heavy atom. The summed E-state index contributed by atoms with van der Waals surface area (Å²) >= 11 is 0. The molecule has 0 atom stereocenters. The van der Waals surface area contributed by atoms with Crippen molar-refractivity contribution in [3.63, 3.8) is 0 Å². The summed E-state index contributed by atoms with van der Waals surface area (Å²) in [6.45, 7) is 5.25. The zero-order chi connectivity index (χ0) is 15.9. The average molecular weight is 301 g/mol. The summed E-state index contributed by atoms with van der Waals surface area (Å²) in [5.74, 6) is 0.844. The van der Waals surface area contributed by atoms with Gasteiger partial charge in [0.2, 0.25) is 0 Å². The maximum absolute atomic E-state index is 12.2. The van der Waals surface area contributed by atoms with Gasteiger partial charge in [0, 0.05) is 19.3 Å². The molecule has 22 heavy (non-hydrogen) atoms. The lowest BCUT2D eigenvalue weighted by Crippen LogP contribution is -2.21. The second-order valence-corrected chi connectivity index (χ2v) is 5.63. The van der Waals surface area contributed by atoms with Crippen LogP contribution in [0.5, 0.6) is 5.75 Å². The fourth-order valence-corrected chi connectivity index (χ4v) is 2.20. The van der Waals surface area contributed by atoms with Crippen molar-refractivity contribution >= 4 is 0 Å². The van der Waals surface area contributed by atoms with Crippen LogP contribution in [0.1, 0.15) is 37.3 Å². The molecule has 118 valence electrons. The topological polar surface area (TPSA) is 51.5 Å². The molecule has 0 fully saturated rings. The van der Waals surface area contributed by atoms with Crippen molar-refractivity contribution in [2.75, 3.05) is 6.61 Å². The van der Waals surface area contributed by atoms with Crippen molar-refractivity contribution in [1.29, 1.82) is 0 Å². The minimum Gasteiger partial charge on any atom is -0.483 e. The van der Waals surface area contributed by atoms with E-state index in [2.05, 4.69) is 26.0 Å². The van der Waals surface area contributed by atoms with Gasteiger partial charge in [-0.2, -0.15) is 0 Å². The number of hydrogen-bond acceptors (Lipinski definition) is 3.